The van der Waals surface area contributed by atoms with Crippen LogP contribution in [0.15, 0.2) is 48.5 Å². The second-order valence-electron chi connectivity index (χ2n) is 4.01. The van der Waals surface area contributed by atoms with Gasteiger partial charge in [0.05, 0.1) is 6.04 Å². The molecule has 3 nitrogen and oxygen atoms in total. The van der Waals surface area contributed by atoms with Crippen LogP contribution in [-0.4, -0.2) is 6.61 Å². The molecule has 0 saturated carbocycles. The van der Waals surface area contributed by atoms with Gasteiger partial charge in [0.25, 0.3) is 0 Å². The molecule has 19 heavy (non-hydrogen) atoms. The van der Waals surface area contributed by atoms with Crippen molar-refractivity contribution in [2.45, 2.75) is 6.04 Å². The first-order valence-electron chi connectivity index (χ1n) is 5.79. The Morgan fingerprint density at radius 1 is 1.11 bits per heavy atom. The highest BCUT2D eigenvalue weighted by Gasteiger charge is 2.16. The summed E-state index contributed by atoms with van der Waals surface area (Å²) in [6.45, 7) is 0.0981. The van der Waals surface area contributed by atoms with E-state index >= 15 is 0 Å². The molecule has 0 amide bonds. The third-order valence-corrected chi connectivity index (χ3v) is 2.69. The van der Waals surface area contributed by atoms with E-state index in [9.17, 15) is 8.78 Å². The van der Waals surface area contributed by atoms with Crippen molar-refractivity contribution in [1.29, 1.82) is 0 Å². The molecule has 1 atom stereocenters. The summed E-state index contributed by atoms with van der Waals surface area (Å²) in [5, 5.41) is 0. The number of ether oxygens (including phenoxy) is 1. The second kappa shape index (κ2) is 6.26. The lowest BCUT2D eigenvalue weighted by Crippen LogP contribution is -2.33. The van der Waals surface area contributed by atoms with Gasteiger partial charge in [0.2, 0.25) is 0 Å². The minimum absolute atomic E-state index is 0.0981. The molecule has 2 aromatic rings. The van der Waals surface area contributed by atoms with E-state index < -0.39 is 17.7 Å². The fraction of sp³-hybridized carbons (Fsp3) is 0.143. The van der Waals surface area contributed by atoms with Crippen molar-refractivity contribution in [3.8, 4) is 5.75 Å². The number of nitrogens with two attached hydrogens (primary N) is 1. The Labute approximate surface area is 110 Å². The Bertz CT molecular complexity index is 534. The first-order chi connectivity index (χ1) is 9.20. The maximum Gasteiger partial charge on any atom is 0.128 e. The Morgan fingerprint density at radius 2 is 1.84 bits per heavy atom. The minimum atomic E-state index is -0.629. The Morgan fingerprint density at radius 3 is 2.53 bits per heavy atom. The van der Waals surface area contributed by atoms with Crippen LogP contribution in [0.3, 0.4) is 0 Å². The standard InChI is InChI=1S/C14H14F2N2O/c15-10-6-7-13(16)12(8-10)14(18-17)9-19-11-4-2-1-3-5-11/h1-8,14,18H,9,17H2. The minimum Gasteiger partial charge on any atom is -0.492 e. The van der Waals surface area contributed by atoms with Gasteiger partial charge in [-0.25, -0.2) is 14.2 Å². The number of halogens is 2. The van der Waals surface area contributed by atoms with Gasteiger partial charge in [-0.15, -0.1) is 0 Å². The van der Waals surface area contributed by atoms with Crippen LogP contribution in [0.2, 0.25) is 0 Å². The predicted octanol–water partition coefficient (Wildman–Crippen LogP) is 2.55. The SMILES string of the molecule is NNC(COc1ccccc1)c1cc(F)ccc1F. The summed E-state index contributed by atoms with van der Waals surface area (Å²) in [4.78, 5) is 0. The highest BCUT2D eigenvalue weighted by molar-refractivity contribution is 5.24. The van der Waals surface area contributed by atoms with Gasteiger partial charge in [-0.05, 0) is 30.3 Å². The van der Waals surface area contributed by atoms with E-state index in [1.54, 1.807) is 12.1 Å². The van der Waals surface area contributed by atoms with Crippen molar-refractivity contribution in [2.75, 3.05) is 6.61 Å². The lowest BCUT2D eigenvalue weighted by molar-refractivity contribution is 0.264. The van der Waals surface area contributed by atoms with Gasteiger partial charge < -0.3 is 4.74 Å². The number of nitrogens with one attached hydrogen (secondary N) is 1. The van der Waals surface area contributed by atoms with Gasteiger partial charge in [0.1, 0.15) is 24.0 Å². The first-order valence-corrected chi connectivity index (χ1v) is 5.79. The number of benzene rings is 2. The zero-order chi connectivity index (χ0) is 13.7. The lowest BCUT2D eigenvalue weighted by atomic mass is 10.1. The van der Waals surface area contributed by atoms with Crippen molar-refractivity contribution >= 4 is 0 Å². The van der Waals surface area contributed by atoms with Crippen molar-refractivity contribution in [3.05, 3.63) is 65.7 Å². The van der Waals surface area contributed by atoms with E-state index in [2.05, 4.69) is 5.43 Å². The molecule has 0 aliphatic heterocycles. The van der Waals surface area contributed by atoms with E-state index in [1.165, 1.54) is 0 Å². The third kappa shape index (κ3) is 3.49. The molecule has 1 unspecified atom stereocenters. The molecule has 3 N–H and O–H groups in total. The second-order valence-corrected chi connectivity index (χ2v) is 4.01. The van der Waals surface area contributed by atoms with Crippen molar-refractivity contribution in [3.63, 3.8) is 0 Å². The lowest BCUT2D eigenvalue weighted by Gasteiger charge is -2.17. The van der Waals surface area contributed by atoms with Crippen LogP contribution in [0.25, 0.3) is 0 Å². The van der Waals surface area contributed by atoms with Gasteiger partial charge >= 0.3 is 0 Å². The average molecular weight is 264 g/mol. The van der Waals surface area contributed by atoms with E-state index in [0.717, 1.165) is 18.2 Å². The smallest absolute Gasteiger partial charge is 0.128 e. The fourth-order valence-electron chi connectivity index (χ4n) is 1.71. The Kier molecular flexibility index (Phi) is 4.43. The topological polar surface area (TPSA) is 47.3 Å². The molecule has 5 heteroatoms. The summed E-state index contributed by atoms with van der Waals surface area (Å²) in [5.74, 6) is 4.96. The highest BCUT2D eigenvalue weighted by Crippen LogP contribution is 2.19. The molecule has 0 aliphatic carbocycles. The van der Waals surface area contributed by atoms with Crippen LogP contribution in [0.5, 0.6) is 5.75 Å². The maximum atomic E-state index is 13.6. The first kappa shape index (κ1) is 13.5. The van der Waals surface area contributed by atoms with Gasteiger partial charge in [-0.2, -0.15) is 0 Å². The number of hydrogen-bond acceptors (Lipinski definition) is 3. The molecule has 0 spiro atoms. The van der Waals surface area contributed by atoms with E-state index in [-0.39, 0.29) is 12.2 Å². The molecule has 100 valence electrons. The monoisotopic (exact) mass is 264 g/mol. The number of rotatable bonds is 5. The number of hydrazine groups is 1. The maximum absolute atomic E-state index is 13.6. The molecule has 0 bridgehead atoms. The average Bonchev–Trinajstić information content (AvgIpc) is 2.44. The van der Waals surface area contributed by atoms with Crippen LogP contribution in [-0.2, 0) is 0 Å². The van der Waals surface area contributed by atoms with Crippen LogP contribution in [0.4, 0.5) is 8.78 Å². The van der Waals surface area contributed by atoms with Gasteiger partial charge in [-0.1, -0.05) is 18.2 Å². The molecule has 0 fully saturated rings. The molecular weight excluding hydrogens is 250 g/mol. The van der Waals surface area contributed by atoms with Crippen molar-refractivity contribution < 1.29 is 13.5 Å². The van der Waals surface area contributed by atoms with Crippen LogP contribution in [0, 0.1) is 11.6 Å². The molecule has 0 heterocycles. The quantitative estimate of drug-likeness (QED) is 0.644. The molecule has 0 radical (unpaired) electrons. The summed E-state index contributed by atoms with van der Waals surface area (Å²) in [6.07, 6.45) is 0. The number of hydrogen-bond donors (Lipinski definition) is 2. The zero-order valence-electron chi connectivity index (χ0n) is 10.1. The predicted molar refractivity (Wildman–Crippen MR) is 68.4 cm³/mol. The number of para-hydroxylation sites is 1. The van der Waals surface area contributed by atoms with Crippen molar-refractivity contribution in [2.24, 2.45) is 5.84 Å². The largest absolute Gasteiger partial charge is 0.492 e. The molecule has 2 aromatic carbocycles. The zero-order valence-corrected chi connectivity index (χ0v) is 10.1. The summed E-state index contributed by atoms with van der Waals surface area (Å²) in [6, 6.07) is 11.7. The van der Waals surface area contributed by atoms with Gasteiger partial charge in [0.15, 0.2) is 0 Å². The molecule has 2 rings (SSSR count). The summed E-state index contributed by atoms with van der Waals surface area (Å²) in [5.41, 5.74) is 2.56. The summed E-state index contributed by atoms with van der Waals surface area (Å²) in [7, 11) is 0. The third-order valence-electron chi connectivity index (χ3n) is 2.69. The molecule has 0 aliphatic rings. The van der Waals surface area contributed by atoms with Crippen LogP contribution >= 0.6 is 0 Å². The van der Waals surface area contributed by atoms with Crippen molar-refractivity contribution in [1.82, 2.24) is 5.43 Å². The van der Waals surface area contributed by atoms with E-state index in [1.807, 2.05) is 18.2 Å². The normalized spacial score (nSPS) is 12.2. The summed E-state index contributed by atoms with van der Waals surface area (Å²) < 4.78 is 32.2. The summed E-state index contributed by atoms with van der Waals surface area (Å²) >= 11 is 0. The Hall–Kier alpha value is -1.98. The molecule has 0 saturated heterocycles. The fourth-order valence-corrected chi connectivity index (χ4v) is 1.71. The van der Waals surface area contributed by atoms with Gasteiger partial charge in [0, 0.05) is 5.56 Å². The van der Waals surface area contributed by atoms with E-state index in [4.69, 9.17) is 10.6 Å². The van der Waals surface area contributed by atoms with E-state index in [0.29, 0.717) is 5.75 Å². The Balaban J connectivity index is 2.10. The van der Waals surface area contributed by atoms with Crippen LogP contribution in [0.1, 0.15) is 11.6 Å². The van der Waals surface area contributed by atoms with Crippen LogP contribution < -0.4 is 16.0 Å². The highest BCUT2D eigenvalue weighted by atomic mass is 19.1. The molecular formula is C14H14F2N2O. The van der Waals surface area contributed by atoms with Gasteiger partial charge in [-0.3, -0.25) is 5.84 Å². The molecule has 0 aromatic heterocycles.